The molecular weight excluding hydrogens is 269 g/mol. The Labute approximate surface area is 126 Å². The number of piperidine rings is 1. The van der Waals surface area contributed by atoms with Gasteiger partial charge in [-0.2, -0.15) is 0 Å². The average molecular weight is 295 g/mol. The van der Waals surface area contributed by atoms with Gasteiger partial charge in [0.2, 0.25) is 0 Å². The van der Waals surface area contributed by atoms with E-state index in [0.717, 1.165) is 31.5 Å². The fourth-order valence-corrected chi connectivity index (χ4v) is 2.70. The lowest BCUT2D eigenvalue weighted by molar-refractivity contribution is 0.0550. The Balaban J connectivity index is 2.06. The van der Waals surface area contributed by atoms with Crippen molar-refractivity contribution >= 4 is 0 Å². The summed E-state index contributed by atoms with van der Waals surface area (Å²) >= 11 is 0. The number of aliphatic hydroxyl groups is 1. The molecule has 1 N–H and O–H groups in total. The highest BCUT2D eigenvalue weighted by molar-refractivity contribution is 5.37. The Hall–Kier alpha value is -1.13. The number of ether oxygens (including phenoxy) is 1. The van der Waals surface area contributed by atoms with E-state index in [1.54, 1.807) is 13.8 Å². The van der Waals surface area contributed by atoms with Crippen molar-refractivity contribution in [3.05, 3.63) is 29.6 Å². The zero-order chi connectivity index (χ0) is 15.5. The number of halogens is 1. The second-order valence-electron chi connectivity index (χ2n) is 6.67. The highest BCUT2D eigenvalue weighted by atomic mass is 19.1. The summed E-state index contributed by atoms with van der Waals surface area (Å²) in [5.74, 6) is 0.790. The van der Waals surface area contributed by atoms with Gasteiger partial charge in [-0.25, -0.2) is 4.39 Å². The number of benzene rings is 1. The van der Waals surface area contributed by atoms with E-state index in [1.807, 2.05) is 6.07 Å². The Morgan fingerprint density at radius 3 is 2.62 bits per heavy atom. The molecule has 2 rings (SSSR count). The molecular formula is C17H26FNO2. The van der Waals surface area contributed by atoms with E-state index in [4.69, 9.17) is 4.74 Å². The molecule has 1 heterocycles. The van der Waals surface area contributed by atoms with Crippen LogP contribution in [0.2, 0.25) is 0 Å². The smallest absolute Gasteiger partial charge is 0.126 e. The Bertz CT molecular complexity index is 462. The van der Waals surface area contributed by atoms with Crippen LogP contribution in [0.4, 0.5) is 4.39 Å². The second kappa shape index (κ2) is 6.75. The summed E-state index contributed by atoms with van der Waals surface area (Å²) in [4.78, 5) is 2.31. The molecule has 0 spiro atoms. The predicted octanol–water partition coefficient (Wildman–Crippen LogP) is 3.17. The van der Waals surface area contributed by atoms with E-state index in [0.29, 0.717) is 24.7 Å². The zero-order valence-corrected chi connectivity index (χ0v) is 13.2. The lowest BCUT2D eigenvalue weighted by Crippen LogP contribution is -2.29. The molecule has 0 radical (unpaired) electrons. The van der Waals surface area contributed by atoms with Gasteiger partial charge >= 0.3 is 0 Å². The van der Waals surface area contributed by atoms with Crippen LogP contribution >= 0.6 is 0 Å². The van der Waals surface area contributed by atoms with E-state index in [1.165, 1.54) is 12.1 Å². The first-order valence-electron chi connectivity index (χ1n) is 7.68. The summed E-state index contributed by atoms with van der Waals surface area (Å²) in [6, 6.07) is 4.83. The van der Waals surface area contributed by atoms with Gasteiger partial charge in [0.1, 0.15) is 11.6 Å². The van der Waals surface area contributed by atoms with E-state index in [9.17, 15) is 9.50 Å². The first kappa shape index (κ1) is 16.2. The van der Waals surface area contributed by atoms with Gasteiger partial charge in [-0.15, -0.1) is 0 Å². The summed E-state index contributed by atoms with van der Waals surface area (Å²) in [7, 11) is 2.13. The second-order valence-corrected chi connectivity index (χ2v) is 6.67. The standard InChI is InChI=1S/C17H26FNO2/c1-17(2,20)8-11-21-16-12-14(18)4-5-15(16)13-6-9-19(3)10-7-13/h4-5,12-13,20H,6-11H2,1-3H3. The van der Waals surface area contributed by atoms with E-state index >= 15 is 0 Å². The molecule has 1 aromatic rings. The molecule has 0 amide bonds. The molecule has 1 aliphatic heterocycles. The van der Waals surface area contributed by atoms with Crippen molar-refractivity contribution in [3.8, 4) is 5.75 Å². The van der Waals surface area contributed by atoms with Crippen molar-refractivity contribution in [1.29, 1.82) is 0 Å². The topological polar surface area (TPSA) is 32.7 Å². The van der Waals surface area contributed by atoms with Crippen molar-refractivity contribution in [3.63, 3.8) is 0 Å². The molecule has 0 aromatic heterocycles. The summed E-state index contributed by atoms with van der Waals surface area (Å²) in [6.07, 6.45) is 2.67. The van der Waals surface area contributed by atoms with Gasteiger partial charge < -0.3 is 14.7 Å². The predicted molar refractivity (Wildman–Crippen MR) is 82.3 cm³/mol. The highest BCUT2D eigenvalue weighted by Crippen LogP contribution is 2.34. The lowest BCUT2D eigenvalue weighted by Gasteiger charge is -2.30. The van der Waals surface area contributed by atoms with Gasteiger partial charge in [0.25, 0.3) is 0 Å². The van der Waals surface area contributed by atoms with Crippen LogP contribution in [0.25, 0.3) is 0 Å². The normalized spacial score (nSPS) is 18.0. The van der Waals surface area contributed by atoms with Gasteiger partial charge in [0.15, 0.2) is 0 Å². The minimum absolute atomic E-state index is 0.273. The fourth-order valence-electron chi connectivity index (χ4n) is 2.70. The van der Waals surface area contributed by atoms with Crippen LogP contribution in [0.5, 0.6) is 5.75 Å². The molecule has 4 heteroatoms. The van der Waals surface area contributed by atoms with Crippen LogP contribution < -0.4 is 4.74 Å². The number of hydrogen-bond acceptors (Lipinski definition) is 3. The lowest BCUT2D eigenvalue weighted by atomic mass is 9.89. The molecule has 0 unspecified atom stereocenters. The van der Waals surface area contributed by atoms with Gasteiger partial charge in [0, 0.05) is 12.5 Å². The monoisotopic (exact) mass is 295 g/mol. The van der Waals surface area contributed by atoms with Crippen LogP contribution in [0.3, 0.4) is 0 Å². The SMILES string of the molecule is CN1CCC(c2ccc(F)cc2OCCC(C)(C)O)CC1. The Morgan fingerprint density at radius 1 is 1.33 bits per heavy atom. The first-order valence-corrected chi connectivity index (χ1v) is 7.68. The van der Waals surface area contributed by atoms with Gasteiger partial charge in [-0.3, -0.25) is 0 Å². The first-order chi connectivity index (χ1) is 9.85. The van der Waals surface area contributed by atoms with Crippen molar-refractivity contribution < 1.29 is 14.2 Å². The van der Waals surface area contributed by atoms with Crippen molar-refractivity contribution in [2.75, 3.05) is 26.7 Å². The van der Waals surface area contributed by atoms with E-state index < -0.39 is 5.60 Å². The van der Waals surface area contributed by atoms with Crippen molar-refractivity contribution in [2.45, 2.75) is 44.6 Å². The van der Waals surface area contributed by atoms with Crippen molar-refractivity contribution in [1.82, 2.24) is 4.90 Å². The summed E-state index contributed by atoms with van der Waals surface area (Å²) < 4.78 is 19.3. The number of nitrogens with zero attached hydrogens (tertiary/aromatic N) is 1. The fraction of sp³-hybridized carbons (Fsp3) is 0.647. The summed E-state index contributed by atoms with van der Waals surface area (Å²) in [5.41, 5.74) is 0.335. The van der Waals surface area contributed by atoms with E-state index in [-0.39, 0.29) is 5.82 Å². The molecule has 1 saturated heterocycles. The molecule has 21 heavy (non-hydrogen) atoms. The van der Waals surface area contributed by atoms with Crippen LogP contribution in [-0.2, 0) is 0 Å². The minimum Gasteiger partial charge on any atom is -0.493 e. The van der Waals surface area contributed by atoms with Crippen LogP contribution in [-0.4, -0.2) is 42.4 Å². The quantitative estimate of drug-likeness (QED) is 0.905. The third kappa shape index (κ3) is 4.97. The third-order valence-corrected chi connectivity index (χ3v) is 4.11. The average Bonchev–Trinajstić information content (AvgIpc) is 2.39. The number of hydrogen-bond donors (Lipinski definition) is 1. The molecule has 118 valence electrons. The molecule has 0 saturated carbocycles. The summed E-state index contributed by atoms with van der Waals surface area (Å²) in [6.45, 7) is 6.02. The minimum atomic E-state index is -0.763. The van der Waals surface area contributed by atoms with Gasteiger partial charge in [0.05, 0.1) is 12.2 Å². The largest absolute Gasteiger partial charge is 0.493 e. The molecule has 1 fully saturated rings. The Morgan fingerprint density at radius 2 is 2.00 bits per heavy atom. The molecule has 3 nitrogen and oxygen atoms in total. The molecule has 0 bridgehead atoms. The maximum Gasteiger partial charge on any atom is 0.126 e. The molecule has 1 aromatic carbocycles. The van der Waals surface area contributed by atoms with Gasteiger partial charge in [-0.1, -0.05) is 6.07 Å². The van der Waals surface area contributed by atoms with Crippen molar-refractivity contribution in [2.24, 2.45) is 0 Å². The third-order valence-electron chi connectivity index (χ3n) is 4.11. The summed E-state index contributed by atoms with van der Waals surface area (Å²) in [5, 5.41) is 9.74. The van der Waals surface area contributed by atoms with Crippen LogP contribution in [0, 0.1) is 5.82 Å². The molecule has 0 atom stereocenters. The zero-order valence-electron chi connectivity index (χ0n) is 13.2. The number of rotatable bonds is 5. The number of likely N-dealkylation sites (tertiary alicyclic amines) is 1. The maximum atomic E-state index is 13.5. The van der Waals surface area contributed by atoms with Crippen LogP contribution in [0.1, 0.15) is 44.6 Å². The van der Waals surface area contributed by atoms with Crippen LogP contribution in [0.15, 0.2) is 18.2 Å². The molecule has 1 aliphatic rings. The maximum absolute atomic E-state index is 13.5. The van der Waals surface area contributed by atoms with Gasteiger partial charge in [-0.05, 0) is 64.4 Å². The highest BCUT2D eigenvalue weighted by Gasteiger charge is 2.22. The molecule has 0 aliphatic carbocycles. The van der Waals surface area contributed by atoms with E-state index in [2.05, 4.69) is 11.9 Å². The Kier molecular flexibility index (Phi) is 5.22.